The Morgan fingerprint density at radius 2 is 1.52 bits per heavy atom. The quantitative estimate of drug-likeness (QED) is 0.290. The highest BCUT2D eigenvalue weighted by molar-refractivity contribution is 7.43. The minimum Gasteiger partial charge on any atom is -0.790 e. The Hall–Kier alpha value is -0.720. The van der Waals surface area contributed by atoms with Crippen molar-refractivity contribution in [2.45, 2.75) is 11.7 Å². The molecule has 0 aromatic heterocycles. The van der Waals surface area contributed by atoms with E-state index in [1.54, 1.807) is 0 Å². The number of hydrogen-bond acceptors (Lipinski definition) is 13. The summed E-state index contributed by atoms with van der Waals surface area (Å²) in [7, 11) is -11.4. The standard InChI is InChI=1S/C6H12O13P2/c7-3(1-18-20(12,13)14)4(8)6(11,5(9)10)2-19-21(15,16)17/h3,7,11H,1-2H2,(H,9,10)(H2,12,13,14)(H2,15,16,17)/p-5. The van der Waals surface area contributed by atoms with Crippen LogP contribution in [0.25, 0.3) is 0 Å². The van der Waals surface area contributed by atoms with E-state index in [2.05, 4.69) is 9.05 Å². The van der Waals surface area contributed by atoms with Crippen molar-refractivity contribution in [1.82, 2.24) is 0 Å². The average Bonchev–Trinajstić information content (AvgIpc) is 2.29. The molecule has 0 aromatic carbocycles. The highest BCUT2D eigenvalue weighted by atomic mass is 31.2. The normalized spacial score (nSPS) is 17.0. The summed E-state index contributed by atoms with van der Waals surface area (Å²) in [5.41, 5.74) is -3.79. The number of carbonyl (C=O) groups excluding carboxylic acids is 2. The summed E-state index contributed by atoms with van der Waals surface area (Å²) in [6.07, 6.45) is -2.66. The van der Waals surface area contributed by atoms with E-state index < -0.39 is 52.3 Å². The number of aliphatic hydroxyl groups excluding tert-OH is 1. The second-order valence-corrected chi connectivity index (χ2v) is 5.80. The minimum absolute atomic E-state index is 1.55. The summed E-state index contributed by atoms with van der Waals surface area (Å²) in [5.74, 6) is -4.77. The molecule has 0 heterocycles. The van der Waals surface area contributed by atoms with Crippen molar-refractivity contribution in [3.8, 4) is 0 Å². The van der Waals surface area contributed by atoms with Crippen molar-refractivity contribution in [2.75, 3.05) is 13.2 Å². The number of Topliss-reactive ketones (excluding diaryl/α,β-unsaturated/α-hetero) is 1. The number of aliphatic carboxylic acids is 1. The average molecular weight is 349 g/mol. The Kier molecular flexibility index (Phi) is 6.79. The van der Waals surface area contributed by atoms with Crippen molar-refractivity contribution in [3.63, 3.8) is 0 Å². The van der Waals surface area contributed by atoms with Crippen LogP contribution in [0.5, 0.6) is 0 Å². The van der Waals surface area contributed by atoms with Crippen molar-refractivity contribution >= 4 is 27.4 Å². The predicted octanol–water partition coefficient (Wildman–Crippen LogP) is -6.91. The van der Waals surface area contributed by atoms with Gasteiger partial charge in [0.05, 0.1) is 34.8 Å². The van der Waals surface area contributed by atoms with Gasteiger partial charge in [-0.05, 0) is 0 Å². The fourth-order valence-corrected chi connectivity index (χ4v) is 1.59. The van der Waals surface area contributed by atoms with Crippen molar-refractivity contribution in [2.24, 2.45) is 0 Å². The first-order chi connectivity index (χ1) is 9.19. The van der Waals surface area contributed by atoms with E-state index in [-0.39, 0.29) is 0 Å². The molecule has 124 valence electrons. The summed E-state index contributed by atoms with van der Waals surface area (Å²) < 4.78 is 27.1. The molecule has 2 N–H and O–H groups in total. The molecule has 0 aliphatic heterocycles. The molecule has 2 atom stereocenters. The third-order valence-corrected chi connectivity index (χ3v) is 2.78. The maximum Gasteiger partial charge on any atom is 0.203 e. The first-order valence-corrected chi connectivity index (χ1v) is 7.60. The summed E-state index contributed by atoms with van der Waals surface area (Å²) in [5, 5.41) is 29.0. The number of phosphoric acid groups is 2. The topological polar surface area (TPSA) is 242 Å². The molecule has 0 amide bonds. The van der Waals surface area contributed by atoms with Gasteiger partial charge in [0.15, 0.2) is 5.60 Å². The van der Waals surface area contributed by atoms with Crippen molar-refractivity contribution in [3.05, 3.63) is 0 Å². The number of aliphatic hydroxyl groups is 2. The van der Waals surface area contributed by atoms with Gasteiger partial charge in [-0.2, -0.15) is 0 Å². The number of rotatable bonds is 9. The molecule has 0 aromatic rings. The van der Waals surface area contributed by atoms with Crippen molar-refractivity contribution < 1.29 is 62.7 Å². The second-order valence-electron chi connectivity index (χ2n) is 3.49. The molecule has 21 heavy (non-hydrogen) atoms. The number of carbonyl (C=O) groups is 2. The van der Waals surface area contributed by atoms with Gasteiger partial charge in [0, 0.05) is 0 Å². The summed E-state index contributed by atoms with van der Waals surface area (Å²) in [6.45, 7) is -3.48. The summed E-state index contributed by atoms with van der Waals surface area (Å²) in [6, 6.07) is 0. The minimum atomic E-state index is -5.77. The fourth-order valence-electron chi connectivity index (χ4n) is 0.916. The number of carboxylic acid groups (broad SMARTS) is 1. The van der Waals surface area contributed by atoms with Gasteiger partial charge >= 0.3 is 0 Å². The lowest BCUT2D eigenvalue weighted by molar-refractivity contribution is -0.346. The SMILES string of the molecule is O=C([O-])C(O)(COP(=O)([O-])[O-])C(=O)C(O)COP(=O)([O-])[O-]. The van der Waals surface area contributed by atoms with E-state index in [4.69, 9.17) is 5.11 Å². The lowest BCUT2D eigenvalue weighted by Gasteiger charge is -2.35. The van der Waals surface area contributed by atoms with Crippen LogP contribution in [-0.2, 0) is 27.8 Å². The van der Waals surface area contributed by atoms with Gasteiger partial charge in [0.1, 0.15) is 6.10 Å². The predicted molar refractivity (Wildman–Crippen MR) is 48.1 cm³/mol. The number of phosphoric ester groups is 2. The Balaban J connectivity index is 5.02. The van der Waals surface area contributed by atoms with Crippen LogP contribution in [0.4, 0.5) is 0 Å². The van der Waals surface area contributed by atoms with Crippen LogP contribution in [0.1, 0.15) is 0 Å². The lowest BCUT2D eigenvalue weighted by Crippen LogP contribution is -2.60. The number of ketones is 1. The zero-order chi connectivity index (χ0) is 17.1. The van der Waals surface area contributed by atoms with Gasteiger partial charge in [-0.3, -0.25) is 4.79 Å². The van der Waals surface area contributed by atoms with Crippen LogP contribution < -0.4 is 24.7 Å². The van der Waals surface area contributed by atoms with Crippen LogP contribution in [-0.4, -0.2) is 46.9 Å². The lowest BCUT2D eigenvalue weighted by atomic mass is 9.96. The Labute approximate surface area is 116 Å². The van der Waals surface area contributed by atoms with Crippen LogP contribution in [0.2, 0.25) is 0 Å². The first kappa shape index (κ1) is 20.3. The first-order valence-electron chi connectivity index (χ1n) is 4.68. The van der Waals surface area contributed by atoms with Gasteiger partial charge in [-0.15, -0.1) is 0 Å². The van der Waals surface area contributed by atoms with Crippen LogP contribution in [0.3, 0.4) is 0 Å². The van der Waals surface area contributed by atoms with E-state index in [9.17, 15) is 48.5 Å². The summed E-state index contributed by atoms with van der Waals surface area (Å²) >= 11 is 0. The maximum atomic E-state index is 11.4. The number of carboxylic acids is 1. The molecular formula is C6H7O13P2-5. The molecule has 15 heteroatoms. The van der Waals surface area contributed by atoms with Crippen LogP contribution in [0.15, 0.2) is 0 Å². The summed E-state index contributed by atoms with van der Waals surface area (Å²) in [4.78, 5) is 62.5. The van der Waals surface area contributed by atoms with E-state index >= 15 is 0 Å². The Morgan fingerprint density at radius 1 is 1.10 bits per heavy atom. The van der Waals surface area contributed by atoms with Gasteiger partial charge in [0.25, 0.3) is 0 Å². The molecular weight excluding hydrogens is 342 g/mol. The third kappa shape index (κ3) is 7.20. The fraction of sp³-hybridized carbons (Fsp3) is 0.667. The van der Waals surface area contributed by atoms with E-state index in [0.29, 0.717) is 0 Å². The molecule has 2 unspecified atom stereocenters. The van der Waals surface area contributed by atoms with Gasteiger partial charge < -0.3 is 57.9 Å². The molecule has 0 saturated heterocycles. The smallest absolute Gasteiger partial charge is 0.203 e. The van der Waals surface area contributed by atoms with Gasteiger partial charge in [-0.1, -0.05) is 0 Å². The monoisotopic (exact) mass is 349 g/mol. The Bertz CT molecular complexity index is 489. The van der Waals surface area contributed by atoms with E-state index in [1.807, 2.05) is 0 Å². The molecule has 0 aliphatic rings. The van der Waals surface area contributed by atoms with Crippen molar-refractivity contribution in [1.29, 1.82) is 0 Å². The second kappa shape index (κ2) is 7.03. The Morgan fingerprint density at radius 3 is 1.86 bits per heavy atom. The molecule has 0 radical (unpaired) electrons. The largest absolute Gasteiger partial charge is 0.790 e. The molecule has 0 aliphatic carbocycles. The molecule has 0 saturated carbocycles. The number of hydrogen-bond donors (Lipinski definition) is 2. The highest BCUT2D eigenvalue weighted by Gasteiger charge is 2.42. The molecule has 0 spiro atoms. The zero-order valence-electron chi connectivity index (χ0n) is 9.77. The van der Waals surface area contributed by atoms with Crippen LogP contribution in [0, 0.1) is 0 Å². The molecule has 0 bridgehead atoms. The van der Waals surface area contributed by atoms with E-state index in [0.717, 1.165) is 0 Å². The molecule has 0 fully saturated rings. The molecule has 0 rings (SSSR count). The van der Waals surface area contributed by atoms with Crippen LogP contribution >= 0.6 is 15.6 Å². The zero-order valence-corrected chi connectivity index (χ0v) is 11.6. The highest BCUT2D eigenvalue weighted by Crippen LogP contribution is 2.28. The van der Waals surface area contributed by atoms with E-state index in [1.165, 1.54) is 0 Å². The maximum absolute atomic E-state index is 11.4. The van der Waals surface area contributed by atoms with Gasteiger partial charge in [0.2, 0.25) is 5.78 Å². The van der Waals surface area contributed by atoms with Gasteiger partial charge in [-0.25, -0.2) is 0 Å². The molecule has 13 nitrogen and oxygen atoms in total. The third-order valence-electron chi connectivity index (χ3n) is 1.87.